The molecule has 1 aliphatic rings. The highest BCUT2D eigenvalue weighted by Gasteiger charge is 2.21. The van der Waals surface area contributed by atoms with E-state index in [4.69, 9.17) is 4.52 Å². The van der Waals surface area contributed by atoms with Crippen LogP contribution in [0.5, 0.6) is 0 Å². The van der Waals surface area contributed by atoms with E-state index in [9.17, 15) is 8.42 Å². The lowest BCUT2D eigenvalue weighted by molar-refractivity contribution is 0.179. The number of rotatable bonds is 7. The van der Waals surface area contributed by atoms with Gasteiger partial charge in [-0.25, -0.2) is 8.42 Å². The Morgan fingerprint density at radius 3 is 2.95 bits per heavy atom. The Balaban J connectivity index is 1.77. The molecule has 0 amide bonds. The van der Waals surface area contributed by atoms with Gasteiger partial charge in [0.1, 0.15) is 9.84 Å². The van der Waals surface area contributed by atoms with Gasteiger partial charge in [-0.15, -0.1) is 0 Å². The molecule has 0 aromatic carbocycles. The number of piperidine rings is 1. The van der Waals surface area contributed by atoms with Gasteiger partial charge in [0.2, 0.25) is 5.89 Å². The standard InChI is InChI=1S/C13H24N4O3S/c1-3-13-15-12(16-20-13)10-17-7-4-5-11(9-17)14-6-8-21(2,18)19/h11,14H,3-10H2,1-2H3. The van der Waals surface area contributed by atoms with Crippen LogP contribution in [0, 0.1) is 0 Å². The molecule has 7 nitrogen and oxygen atoms in total. The van der Waals surface area contributed by atoms with Crippen molar-refractivity contribution in [2.24, 2.45) is 0 Å². The number of nitrogens with one attached hydrogen (secondary N) is 1. The van der Waals surface area contributed by atoms with Gasteiger partial charge in [0.05, 0.1) is 12.3 Å². The van der Waals surface area contributed by atoms with Gasteiger partial charge in [0.15, 0.2) is 5.82 Å². The third kappa shape index (κ3) is 5.72. The first-order valence-corrected chi connectivity index (χ1v) is 9.47. The number of likely N-dealkylation sites (tertiary alicyclic amines) is 1. The Hall–Kier alpha value is -0.990. The number of hydrogen-bond acceptors (Lipinski definition) is 7. The highest BCUT2D eigenvalue weighted by Crippen LogP contribution is 2.12. The zero-order valence-electron chi connectivity index (χ0n) is 12.7. The summed E-state index contributed by atoms with van der Waals surface area (Å²) < 4.78 is 27.4. The van der Waals surface area contributed by atoms with Crippen LogP contribution in [0.1, 0.15) is 31.5 Å². The van der Waals surface area contributed by atoms with Crippen LogP contribution in [0.25, 0.3) is 0 Å². The molecule has 2 rings (SSSR count). The Labute approximate surface area is 126 Å². The number of aryl methyl sites for hydroxylation is 1. The fourth-order valence-electron chi connectivity index (χ4n) is 2.51. The van der Waals surface area contributed by atoms with Gasteiger partial charge < -0.3 is 9.84 Å². The molecule has 0 aliphatic carbocycles. The maximum atomic E-state index is 11.1. The molecule has 0 saturated carbocycles. The minimum absolute atomic E-state index is 0.189. The van der Waals surface area contributed by atoms with Crippen molar-refractivity contribution in [2.75, 3.05) is 31.6 Å². The third-order valence-electron chi connectivity index (χ3n) is 3.59. The fraction of sp³-hybridized carbons (Fsp3) is 0.846. The van der Waals surface area contributed by atoms with Gasteiger partial charge in [-0.1, -0.05) is 12.1 Å². The summed E-state index contributed by atoms with van der Waals surface area (Å²) in [6.45, 7) is 5.09. The van der Waals surface area contributed by atoms with Gasteiger partial charge in [0, 0.05) is 31.8 Å². The molecule has 1 aromatic rings. The van der Waals surface area contributed by atoms with E-state index in [1.807, 2.05) is 6.92 Å². The fourth-order valence-corrected chi connectivity index (χ4v) is 3.00. The molecule has 1 aliphatic heterocycles. The highest BCUT2D eigenvalue weighted by atomic mass is 32.2. The molecule has 0 bridgehead atoms. The molecule has 1 unspecified atom stereocenters. The predicted molar refractivity (Wildman–Crippen MR) is 79.7 cm³/mol. The smallest absolute Gasteiger partial charge is 0.226 e. The first-order chi connectivity index (χ1) is 9.96. The summed E-state index contributed by atoms with van der Waals surface area (Å²) in [6, 6.07) is 0.332. The van der Waals surface area contributed by atoms with Crippen molar-refractivity contribution in [2.45, 2.75) is 38.8 Å². The minimum Gasteiger partial charge on any atom is -0.339 e. The molecule has 0 radical (unpaired) electrons. The topological polar surface area (TPSA) is 88.3 Å². The van der Waals surface area contributed by atoms with Crippen molar-refractivity contribution in [3.8, 4) is 0 Å². The summed E-state index contributed by atoms with van der Waals surface area (Å²) >= 11 is 0. The quantitative estimate of drug-likeness (QED) is 0.770. The van der Waals surface area contributed by atoms with E-state index in [1.165, 1.54) is 6.26 Å². The lowest BCUT2D eigenvalue weighted by atomic mass is 10.1. The van der Waals surface area contributed by atoms with Crippen LogP contribution in [0.3, 0.4) is 0 Å². The second kappa shape index (κ2) is 7.33. The first kappa shape index (κ1) is 16.4. The van der Waals surface area contributed by atoms with Gasteiger partial charge in [-0.2, -0.15) is 4.98 Å². The highest BCUT2D eigenvalue weighted by molar-refractivity contribution is 7.90. The molecule has 21 heavy (non-hydrogen) atoms. The Bertz CT molecular complexity index is 543. The number of nitrogens with zero attached hydrogens (tertiary/aromatic N) is 3. The van der Waals surface area contributed by atoms with Crippen LogP contribution in [-0.2, 0) is 22.8 Å². The van der Waals surface area contributed by atoms with E-state index < -0.39 is 9.84 Å². The van der Waals surface area contributed by atoms with Crippen LogP contribution in [0.15, 0.2) is 4.52 Å². The Morgan fingerprint density at radius 1 is 1.48 bits per heavy atom. The molecule has 120 valence electrons. The lowest BCUT2D eigenvalue weighted by Crippen LogP contribution is -2.46. The van der Waals surface area contributed by atoms with E-state index in [-0.39, 0.29) is 5.75 Å². The molecule has 1 atom stereocenters. The molecule has 1 fully saturated rings. The van der Waals surface area contributed by atoms with E-state index in [0.29, 0.717) is 25.0 Å². The van der Waals surface area contributed by atoms with E-state index in [1.54, 1.807) is 0 Å². The number of aromatic nitrogens is 2. The molecule has 0 spiro atoms. The van der Waals surface area contributed by atoms with Crippen molar-refractivity contribution in [1.82, 2.24) is 20.4 Å². The summed E-state index contributed by atoms with van der Waals surface area (Å²) in [6.07, 6.45) is 4.19. The van der Waals surface area contributed by atoms with Crippen LogP contribution in [-0.4, -0.2) is 61.1 Å². The molecule has 1 aromatic heterocycles. The van der Waals surface area contributed by atoms with Crippen LogP contribution < -0.4 is 5.32 Å². The van der Waals surface area contributed by atoms with E-state index in [0.717, 1.165) is 38.2 Å². The zero-order chi connectivity index (χ0) is 15.3. The minimum atomic E-state index is -2.90. The monoisotopic (exact) mass is 316 g/mol. The SMILES string of the molecule is CCc1nc(CN2CCCC(NCCS(C)(=O)=O)C2)no1. The van der Waals surface area contributed by atoms with E-state index in [2.05, 4.69) is 20.4 Å². The van der Waals surface area contributed by atoms with Gasteiger partial charge >= 0.3 is 0 Å². The second-order valence-corrected chi connectivity index (χ2v) is 7.88. The summed E-state index contributed by atoms with van der Waals surface area (Å²) in [5, 5.41) is 7.30. The Kier molecular flexibility index (Phi) is 5.72. The van der Waals surface area contributed by atoms with Gasteiger partial charge in [-0.3, -0.25) is 4.90 Å². The van der Waals surface area contributed by atoms with Crippen LogP contribution in [0.2, 0.25) is 0 Å². The summed E-state index contributed by atoms with van der Waals surface area (Å²) in [5.74, 6) is 1.59. The first-order valence-electron chi connectivity index (χ1n) is 7.41. The third-order valence-corrected chi connectivity index (χ3v) is 4.53. The average Bonchev–Trinajstić information content (AvgIpc) is 2.85. The number of sulfone groups is 1. The van der Waals surface area contributed by atoms with Crippen LogP contribution in [0.4, 0.5) is 0 Å². The second-order valence-electron chi connectivity index (χ2n) is 5.62. The Morgan fingerprint density at radius 2 is 2.29 bits per heavy atom. The van der Waals surface area contributed by atoms with Crippen LogP contribution >= 0.6 is 0 Å². The van der Waals surface area contributed by atoms with Crippen molar-refractivity contribution >= 4 is 9.84 Å². The summed E-state index contributed by atoms with van der Waals surface area (Å²) in [7, 11) is -2.90. The molecule has 8 heteroatoms. The van der Waals surface area contributed by atoms with Crippen molar-refractivity contribution in [3.63, 3.8) is 0 Å². The maximum absolute atomic E-state index is 11.1. The molecular weight excluding hydrogens is 292 g/mol. The summed E-state index contributed by atoms with van der Waals surface area (Å²) in [5.41, 5.74) is 0. The molecule has 1 N–H and O–H groups in total. The van der Waals surface area contributed by atoms with Gasteiger partial charge in [0.25, 0.3) is 0 Å². The summed E-state index contributed by atoms with van der Waals surface area (Å²) in [4.78, 5) is 6.61. The average molecular weight is 316 g/mol. The van der Waals surface area contributed by atoms with E-state index >= 15 is 0 Å². The maximum Gasteiger partial charge on any atom is 0.226 e. The number of hydrogen-bond donors (Lipinski definition) is 1. The van der Waals surface area contributed by atoms with Crippen molar-refractivity contribution in [3.05, 3.63) is 11.7 Å². The van der Waals surface area contributed by atoms with Crippen molar-refractivity contribution < 1.29 is 12.9 Å². The zero-order valence-corrected chi connectivity index (χ0v) is 13.5. The largest absolute Gasteiger partial charge is 0.339 e. The molecule has 1 saturated heterocycles. The molecule has 2 heterocycles. The predicted octanol–water partition coefficient (Wildman–Crippen LogP) is 0.231. The normalized spacial score (nSPS) is 20.8. The lowest BCUT2D eigenvalue weighted by Gasteiger charge is -2.32. The van der Waals surface area contributed by atoms with Crippen molar-refractivity contribution in [1.29, 1.82) is 0 Å². The van der Waals surface area contributed by atoms with Gasteiger partial charge in [-0.05, 0) is 19.4 Å². The molecular formula is C13H24N4O3S.